The summed E-state index contributed by atoms with van der Waals surface area (Å²) in [5, 5.41) is 3.12. The number of hydrogen-bond donors (Lipinski definition) is 1. The maximum atomic E-state index is 12.8. The summed E-state index contributed by atoms with van der Waals surface area (Å²) in [5.41, 5.74) is 1.87. The summed E-state index contributed by atoms with van der Waals surface area (Å²) >= 11 is 0. The number of carbonyl (C=O) groups excluding carboxylic acids is 2. The number of fused-ring (bicyclic) bond motifs is 3. The summed E-state index contributed by atoms with van der Waals surface area (Å²) in [6.45, 7) is 7.96. The van der Waals surface area contributed by atoms with Crippen molar-refractivity contribution in [2.45, 2.75) is 76.6 Å². The van der Waals surface area contributed by atoms with Gasteiger partial charge in [0.15, 0.2) is 11.5 Å². The second-order valence-electron chi connectivity index (χ2n) is 10.3. The highest BCUT2D eigenvalue weighted by molar-refractivity contribution is 5.77. The summed E-state index contributed by atoms with van der Waals surface area (Å²) in [7, 11) is 3.30. The molecule has 0 radical (unpaired) electrons. The number of hydrogen-bond acceptors (Lipinski definition) is 6. The van der Waals surface area contributed by atoms with Crippen molar-refractivity contribution in [2.24, 2.45) is 0 Å². The SMILES string of the molecule is COc1cc2c(cc1OC)C1CC(NC(=O)OC(C)(C)C)C(N3CCCCC3=O)CN1CC2. The molecule has 1 N–H and O–H groups in total. The number of alkyl carbamates (subject to hydrolysis) is 1. The van der Waals surface area contributed by atoms with Crippen molar-refractivity contribution < 1.29 is 23.8 Å². The zero-order valence-corrected chi connectivity index (χ0v) is 20.5. The fraction of sp³-hybridized carbons (Fsp3) is 0.680. The molecule has 3 heterocycles. The number of carbonyl (C=O) groups is 2. The van der Waals surface area contributed by atoms with Gasteiger partial charge in [-0.2, -0.15) is 0 Å². The van der Waals surface area contributed by atoms with Crippen molar-refractivity contribution in [3.05, 3.63) is 23.3 Å². The molecule has 8 nitrogen and oxygen atoms in total. The lowest BCUT2D eigenvalue weighted by Crippen LogP contribution is -2.64. The van der Waals surface area contributed by atoms with E-state index in [1.54, 1.807) is 14.2 Å². The molecule has 0 aromatic heterocycles. The molecule has 3 aliphatic rings. The average Bonchev–Trinajstić information content (AvgIpc) is 2.76. The summed E-state index contributed by atoms with van der Waals surface area (Å²) in [4.78, 5) is 30.0. The highest BCUT2D eigenvalue weighted by atomic mass is 16.6. The topological polar surface area (TPSA) is 80.3 Å². The molecular formula is C25H37N3O5. The average molecular weight is 460 g/mol. The lowest BCUT2D eigenvalue weighted by atomic mass is 9.82. The fourth-order valence-corrected chi connectivity index (χ4v) is 5.45. The van der Waals surface area contributed by atoms with Gasteiger partial charge in [-0.15, -0.1) is 0 Å². The third-order valence-electron chi connectivity index (χ3n) is 6.94. The van der Waals surface area contributed by atoms with Gasteiger partial charge >= 0.3 is 6.09 Å². The van der Waals surface area contributed by atoms with Gasteiger partial charge in [-0.25, -0.2) is 4.79 Å². The van der Waals surface area contributed by atoms with Crippen LogP contribution in [-0.2, 0) is 16.0 Å². The molecule has 2 saturated heterocycles. The lowest BCUT2D eigenvalue weighted by Gasteiger charge is -2.50. The molecule has 8 heteroatoms. The minimum Gasteiger partial charge on any atom is -0.493 e. The molecule has 0 bridgehead atoms. The molecule has 0 spiro atoms. The largest absolute Gasteiger partial charge is 0.493 e. The molecule has 2 fully saturated rings. The number of rotatable bonds is 4. The molecule has 2 amide bonds. The van der Waals surface area contributed by atoms with E-state index >= 15 is 0 Å². The van der Waals surface area contributed by atoms with E-state index in [2.05, 4.69) is 22.3 Å². The highest BCUT2D eigenvalue weighted by Gasteiger charge is 2.44. The summed E-state index contributed by atoms with van der Waals surface area (Å²) in [5.74, 6) is 1.63. The molecule has 3 atom stereocenters. The first-order valence-corrected chi connectivity index (χ1v) is 12.0. The van der Waals surface area contributed by atoms with E-state index in [9.17, 15) is 9.59 Å². The van der Waals surface area contributed by atoms with Crippen molar-refractivity contribution in [3.63, 3.8) is 0 Å². The molecule has 3 unspecified atom stereocenters. The van der Waals surface area contributed by atoms with E-state index in [1.807, 2.05) is 25.7 Å². The van der Waals surface area contributed by atoms with Crippen LogP contribution in [-0.4, -0.2) is 73.3 Å². The Morgan fingerprint density at radius 3 is 2.45 bits per heavy atom. The maximum absolute atomic E-state index is 12.8. The Bertz CT molecular complexity index is 897. The number of amides is 2. The van der Waals surface area contributed by atoms with Gasteiger partial charge in [0.1, 0.15) is 5.60 Å². The zero-order valence-electron chi connectivity index (χ0n) is 20.5. The standard InChI is InChI=1S/C25H37N3O5/c1-25(2,3)33-24(30)26-18-14-19-17-13-22(32-5)21(31-4)12-16(17)9-11-27(19)15-20(18)28-10-7-6-8-23(28)29/h12-13,18-20H,6-11,14-15H2,1-5H3,(H,26,30). The smallest absolute Gasteiger partial charge is 0.407 e. The van der Waals surface area contributed by atoms with E-state index in [-0.39, 0.29) is 24.0 Å². The van der Waals surface area contributed by atoms with E-state index < -0.39 is 11.7 Å². The van der Waals surface area contributed by atoms with Crippen LogP contribution in [0.3, 0.4) is 0 Å². The van der Waals surface area contributed by atoms with Gasteiger partial charge in [-0.3, -0.25) is 9.69 Å². The Labute approximate surface area is 196 Å². The monoisotopic (exact) mass is 459 g/mol. The lowest BCUT2D eigenvalue weighted by molar-refractivity contribution is -0.138. The minimum atomic E-state index is -0.581. The molecule has 1 aromatic carbocycles. The normalized spacial score (nSPS) is 25.7. The summed E-state index contributed by atoms with van der Waals surface area (Å²) in [6, 6.07) is 4.01. The molecule has 1 aromatic rings. The number of ether oxygens (including phenoxy) is 3. The van der Waals surface area contributed by atoms with Crippen LogP contribution in [0.15, 0.2) is 12.1 Å². The van der Waals surface area contributed by atoms with E-state index in [0.29, 0.717) is 18.6 Å². The van der Waals surface area contributed by atoms with Crippen molar-refractivity contribution in [2.75, 3.05) is 33.9 Å². The second-order valence-corrected chi connectivity index (χ2v) is 10.3. The van der Waals surface area contributed by atoms with E-state index in [0.717, 1.165) is 44.6 Å². The molecule has 4 rings (SSSR count). The predicted molar refractivity (Wildman–Crippen MR) is 125 cm³/mol. The third-order valence-corrected chi connectivity index (χ3v) is 6.94. The van der Waals surface area contributed by atoms with Crippen molar-refractivity contribution >= 4 is 12.0 Å². The Morgan fingerprint density at radius 1 is 1.06 bits per heavy atom. The highest BCUT2D eigenvalue weighted by Crippen LogP contribution is 2.42. The predicted octanol–water partition coefficient (Wildman–Crippen LogP) is 3.28. The van der Waals surface area contributed by atoms with Crippen LogP contribution in [0.1, 0.15) is 63.6 Å². The quantitative estimate of drug-likeness (QED) is 0.744. The maximum Gasteiger partial charge on any atom is 0.407 e. The first-order chi connectivity index (χ1) is 15.7. The first-order valence-electron chi connectivity index (χ1n) is 12.0. The van der Waals surface area contributed by atoms with Gasteiger partial charge < -0.3 is 24.4 Å². The van der Waals surface area contributed by atoms with Crippen molar-refractivity contribution in [1.82, 2.24) is 15.1 Å². The number of piperidine rings is 2. The molecule has 33 heavy (non-hydrogen) atoms. The molecular weight excluding hydrogens is 422 g/mol. The molecule has 182 valence electrons. The van der Waals surface area contributed by atoms with Crippen LogP contribution in [0.25, 0.3) is 0 Å². The van der Waals surface area contributed by atoms with Gasteiger partial charge in [-0.1, -0.05) is 0 Å². The second kappa shape index (κ2) is 9.41. The van der Waals surface area contributed by atoms with E-state index in [4.69, 9.17) is 14.2 Å². The molecule has 0 saturated carbocycles. The third kappa shape index (κ3) is 5.05. The van der Waals surface area contributed by atoms with Gasteiger partial charge in [0.2, 0.25) is 5.91 Å². The van der Waals surface area contributed by atoms with Crippen LogP contribution >= 0.6 is 0 Å². The van der Waals surface area contributed by atoms with E-state index in [1.165, 1.54) is 11.1 Å². The fourth-order valence-electron chi connectivity index (χ4n) is 5.45. The zero-order chi connectivity index (χ0) is 23.8. The minimum absolute atomic E-state index is 0.0664. The number of methoxy groups -OCH3 is 2. The van der Waals surface area contributed by atoms with Gasteiger partial charge in [0, 0.05) is 32.1 Å². The van der Waals surface area contributed by atoms with Crippen molar-refractivity contribution in [3.8, 4) is 11.5 Å². The van der Waals surface area contributed by atoms with Crippen LogP contribution in [0, 0.1) is 0 Å². The van der Waals surface area contributed by atoms with Crippen LogP contribution < -0.4 is 14.8 Å². The first kappa shape index (κ1) is 23.7. The van der Waals surface area contributed by atoms with Crippen LogP contribution in [0.5, 0.6) is 11.5 Å². The van der Waals surface area contributed by atoms with Gasteiger partial charge in [-0.05, 0) is 69.7 Å². The number of nitrogens with one attached hydrogen (secondary N) is 1. The molecule has 0 aliphatic carbocycles. The van der Waals surface area contributed by atoms with Crippen LogP contribution in [0.2, 0.25) is 0 Å². The van der Waals surface area contributed by atoms with Crippen LogP contribution in [0.4, 0.5) is 4.79 Å². The van der Waals surface area contributed by atoms with Gasteiger partial charge in [0.05, 0.1) is 26.3 Å². The Morgan fingerprint density at radius 2 is 1.79 bits per heavy atom. The summed E-state index contributed by atoms with van der Waals surface area (Å²) < 4.78 is 16.7. The number of nitrogens with zero attached hydrogens (tertiary/aromatic N) is 2. The Balaban J connectivity index is 1.63. The molecule has 3 aliphatic heterocycles. The summed E-state index contributed by atoms with van der Waals surface area (Å²) in [6.07, 6.45) is 3.71. The van der Waals surface area contributed by atoms with Crippen molar-refractivity contribution in [1.29, 1.82) is 0 Å². The Hall–Kier alpha value is -2.48. The number of benzene rings is 1. The van der Waals surface area contributed by atoms with Gasteiger partial charge in [0.25, 0.3) is 0 Å². The Kier molecular flexibility index (Phi) is 6.75. The number of likely N-dealkylation sites (tertiary alicyclic amines) is 1.